The number of carboxylic acid groups (broad SMARTS) is 1. The molecular formula is C13H19N3O2. The molecule has 0 aliphatic heterocycles. The molecule has 0 aromatic rings. The first-order chi connectivity index (χ1) is 8.42. The average Bonchev–Trinajstić information content (AvgIpc) is 2.37. The Morgan fingerprint density at radius 3 is 2.50 bits per heavy atom. The van der Waals surface area contributed by atoms with E-state index >= 15 is 0 Å². The van der Waals surface area contributed by atoms with Crippen LogP contribution in [0.1, 0.15) is 39.5 Å². The van der Waals surface area contributed by atoms with Crippen molar-refractivity contribution < 1.29 is 9.90 Å². The molecule has 0 spiro atoms. The van der Waals surface area contributed by atoms with Gasteiger partial charge in [-0.25, -0.2) is 0 Å². The van der Waals surface area contributed by atoms with Gasteiger partial charge in [0, 0.05) is 17.8 Å². The first-order valence-corrected chi connectivity index (χ1v) is 6.04. The molecule has 0 aromatic carbocycles. The van der Waals surface area contributed by atoms with E-state index in [4.69, 9.17) is 15.8 Å². The van der Waals surface area contributed by atoms with Crippen molar-refractivity contribution in [3.8, 4) is 6.07 Å². The largest absolute Gasteiger partial charge is 0.481 e. The second-order valence-corrected chi connectivity index (χ2v) is 5.10. The van der Waals surface area contributed by atoms with Crippen molar-refractivity contribution in [1.82, 2.24) is 5.32 Å². The minimum Gasteiger partial charge on any atom is -0.481 e. The van der Waals surface area contributed by atoms with Gasteiger partial charge in [-0.05, 0) is 39.5 Å². The summed E-state index contributed by atoms with van der Waals surface area (Å²) < 4.78 is 0. The van der Waals surface area contributed by atoms with Crippen molar-refractivity contribution in [3.63, 3.8) is 0 Å². The van der Waals surface area contributed by atoms with E-state index < -0.39 is 11.4 Å². The molecule has 5 nitrogen and oxygen atoms in total. The lowest BCUT2D eigenvalue weighted by atomic mass is 9.74. The van der Waals surface area contributed by atoms with E-state index in [0.717, 1.165) is 19.1 Å². The quantitative estimate of drug-likeness (QED) is 0.524. The van der Waals surface area contributed by atoms with Crippen LogP contribution in [0, 0.1) is 22.2 Å². The number of carbonyl (C=O) groups is 1. The number of nitrogens with one attached hydrogen (secondary N) is 2. The van der Waals surface area contributed by atoms with E-state index in [9.17, 15) is 4.79 Å². The van der Waals surface area contributed by atoms with E-state index in [1.807, 2.05) is 6.07 Å². The Morgan fingerprint density at radius 2 is 2.11 bits per heavy atom. The summed E-state index contributed by atoms with van der Waals surface area (Å²) in [4.78, 5) is 11.1. The number of carboxylic acids is 1. The number of hydrogen-bond donors (Lipinski definition) is 3. The topological polar surface area (TPSA) is 97.0 Å². The van der Waals surface area contributed by atoms with Gasteiger partial charge in [-0.2, -0.15) is 5.26 Å². The number of rotatable bonds is 4. The zero-order chi connectivity index (χ0) is 13.8. The van der Waals surface area contributed by atoms with Crippen LogP contribution in [0.4, 0.5) is 0 Å². The van der Waals surface area contributed by atoms with Crippen LogP contribution in [-0.2, 0) is 4.79 Å². The molecule has 1 rings (SSSR count). The third-order valence-corrected chi connectivity index (χ3v) is 3.68. The predicted molar refractivity (Wildman–Crippen MR) is 68.2 cm³/mol. The van der Waals surface area contributed by atoms with Crippen LogP contribution >= 0.6 is 0 Å². The van der Waals surface area contributed by atoms with Gasteiger partial charge in [0.25, 0.3) is 0 Å². The lowest BCUT2D eigenvalue weighted by Gasteiger charge is -2.34. The molecular weight excluding hydrogens is 230 g/mol. The number of allylic oxidation sites excluding steroid dienone is 2. The molecule has 1 aliphatic rings. The van der Waals surface area contributed by atoms with E-state index in [0.29, 0.717) is 24.1 Å². The lowest BCUT2D eigenvalue weighted by molar-refractivity contribution is -0.150. The Bertz CT molecular complexity index is 412. The Hall–Kier alpha value is -1.83. The van der Waals surface area contributed by atoms with Crippen LogP contribution in [0.5, 0.6) is 0 Å². The maximum atomic E-state index is 11.1. The molecule has 5 heteroatoms. The second kappa shape index (κ2) is 5.67. The van der Waals surface area contributed by atoms with Gasteiger partial charge >= 0.3 is 5.97 Å². The molecule has 0 amide bonds. The maximum Gasteiger partial charge on any atom is 0.309 e. The highest BCUT2D eigenvalue weighted by Crippen LogP contribution is 2.36. The summed E-state index contributed by atoms with van der Waals surface area (Å²) in [7, 11) is 0. The molecule has 1 aliphatic carbocycles. The van der Waals surface area contributed by atoms with Gasteiger partial charge in [-0.3, -0.25) is 4.79 Å². The minimum atomic E-state index is -0.743. The van der Waals surface area contributed by atoms with E-state index in [-0.39, 0.29) is 6.04 Å². The Balaban J connectivity index is 2.63. The zero-order valence-corrected chi connectivity index (χ0v) is 10.8. The molecule has 0 bridgehead atoms. The highest BCUT2D eigenvalue weighted by Gasteiger charge is 2.37. The van der Waals surface area contributed by atoms with E-state index in [1.54, 1.807) is 13.8 Å². The molecule has 3 N–H and O–H groups in total. The summed E-state index contributed by atoms with van der Waals surface area (Å²) in [6.07, 6.45) is 3.85. The van der Waals surface area contributed by atoms with E-state index in [2.05, 4.69) is 5.32 Å². The molecule has 0 heterocycles. The summed E-state index contributed by atoms with van der Waals surface area (Å²) in [5.74, 6) is -0.743. The summed E-state index contributed by atoms with van der Waals surface area (Å²) >= 11 is 0. The molecule has 0 radical (unpaired) electrons. The summed E-state index contributed by atoms with van der Waals surface area (Å²) in [6, 6.07) is 2.17. The second-order valence-electron chi connectivity index (χ2n) is 5.10. The van der Waals surface area contributed by atoms with Crippen LogP contribution in [-0.4, -0.2) is 23.3 Å². The molecule has 0 aromatic heterocycles. The Kier molecular flexibility index (Phi) is 4.49. The van der Waals surface area contributed by atoms with Crippen molar-refractivity contribution in [2.75, 3.05) is 0 Å². The van der Waals surface area contributed by atoms with Gasteiger partial charge in [-0.1, -0.05) is 0 Å². The van der Waals surface area contributed by atoms with Gasteiger partial charge in [-0.15, -0.1) is 0 Å². The fraction of sp³-hybridized carbons (Fsp3) is 0.615. The number of aliphatic carboxylic acids is 1. The van der Waals surface area contributed by atoms with Crippen molar-refractivity contribution in [3.05, 3.63) is 11.3 Å². The molecule has 0 unspecified atom stereocenters. The van der Waals surface area contributed by atoms with Crippen molar-refractivity contribution in [2.45, 2.75) is 45.6 Å². The van der Waals surface area contributed by atoms with Crippen LogP contribution in [0.3, 0.4) is 0 Å². The molecule has 1 saturated carbocycles. The predicted octanol–water partition coefficient (Wildman–Crippen LogP) is 2.06. The van der Waals surface area contributed by atoms with E-state index in [1.165, 1.54) is 0 Å². The minimum absolute atomic E-state index is 0.127. The van der Waals surface area contributed by atoms with Crippen LogP contribution < -0.4 is 5.32 Å². The van der Waals surface area contributed by atoms with Gasteiger partial charge < -0.3 is 15.8 Å². The first-order valence-electron chi connectivity index (χ1n) is 6.04. The number of nitriles is 1. The van der Waals surface area contributed by atoms with Crippen molar-refractivity contribution >= 4 is 12.2 Å². The lowest BCUT2D eigenvalue weighted by Crippen LogP contribution is -2.39. The van der Waals surface area contributed by atoms with Crippen LogP contribution in [0.25, 0.3) is 0 Å². The number of hydrogen-bond acceptors (Lipinski definition) is 4. The summed E-state index contributed by atoms with van der Waals surface area (Å²) in [6.45, 7) is 3.48. The highest BCUT2D eigenvalue weighted by molar-refractivity contribution is 5.77. The van der Waals surface area contributed by atoms with Crippen LogP contribution in [0.15, 0.2) is 11.3 Å². The third-order valence-electron chi connectivity index (χ3n) is 3.68. The van der Waals surface area contributed by atoms with Gasteiger partial charge in [0.2, 0.25) is 0 Å². The normalized spacial score (nSPS) is 28.8. The Morgan fingerprint density at radius 1 is 1.56 bits per heavy atom. The van der Waals surface area contributed by atoms with Gasteiger partial charge in [0.15, 0.2) is 0 Å². The molecule has 0 atom stereocenters. The third kappa shape index (κ3) is 3.10. The first kappa shape index (κ1) is 14.2. The maximum absolute atomic E-state index is 11.1. The highest BCUT2D eigenvalue weighted by atomic mass is 16.4. The smallest absolute Gasteiger partial charge is 0.309 e. The number of nitrogens with zero attached hydrogens (tertiary/aromatic N) is 1. The van der Waals surface area contributed by atoms with Crippen LogP contribution in [0.2, 0.25) is 0 Å². The van der Waals surface area contributed by atoms with Gasteiger partial charge in [0.05, 0.1) is 5.41 Å². The summed E-state index contributed by atoms with van der Waals surface area (Å²) in [5, 5.41) is 28.3. The molecule has 18 heavy (non-hydrogen) atoms. The fourth-order valence-corrected chi connectivity index (χ4v) is 2.12. The fourth-order valence-electron chi connectivity index (χ4n) is 2.12. The van der Waals surface area contributed by atoms with Crippen molar-refractivity contribution in [2.24, 2.45) is 5.41 Å². The van der Waals surface area contributed by atoms with Gasteiger partial charge in [0.1, 0.15) is 11.8 Å². The molecule has 1 fully saturated rings. The standard InChI is InChI=1S/C13H19N3O2/c1-9(7-14)11(8-15)16-10-3-5-13(2,6-4-10)12(17)18/h7,10,14,16H,3-6H2,1-2H3,(H,17,18)/b11-9-,14-7?/t10-,13+. The SMILES string of the molecule is C/C(C=N)=C(\C#N)N[C@H]1CC[C@@](C)(C(=O)O)CC1. The molecule has 98 valence electrons. The summed E-state index contributed by atoms with van der Waals surface area (Å²) in [5.41, 5.74) is 0.378. The Labute approximate surface area is 107 Å². The molecule has 0 saturated heterocycles. The average molecular weight is 249 g/mol. The van der Waals surface area contributed by atoms with Crippen molar-refractivity contribution in [1.29, 1.82) is 10.7 Å². The monoisotopic (exact) mass is 249 g/mol. The zero-order valence-electron chi connectivity index (χ0n) is 10.8.